The number of methoxy groups -OCH3 is 1. The first-order valence-corrected chi connectivity index (χ1v) is 7.23. The van der Waals surface area contributed by atoms with Crippen LogP contribution in [-0.4, -0.2) is 25.4 Å². The zero-order valence-corrected chi connectivity index (χ0v) is 12.5. The number of benzene rings is 1. The van der Waals surface area contributed by atoms with Gasteiger partial charge in [0.2, 0.25) is 0 Å². The molecule has 1 aromatic carbocycles. The first-order valence-electron chi connectivity index (χ1n) is 6.85. The van der Waals surface area contributed by atoms with Crippen molar-refractivity contribution in [2.24, 2.45) is 5.92 Å². The molecule has 19 heavy (non-hydrogen) atoms. The van der Waals surface area contributed by atoms with Crippen molar-refractivity contribution < 1.29 is 9.84 Å². The topological polar surface area (TPSA) is 41.5 Å². The molecule has 0 saturated carbocycles. The summed E-state index contributed by atoms with van der Waals surface area (Å²) in [4.78, 5) is 0. The van der Waals surface area contributed by atoms with Crippen LogP contribution in [0, 0.1) is 5.92 Å². The van der Waals surface area contributed by atoms with Crippen LogP contribution in [0.5, 0.6) is 5.75 Å². The summed E-state index contributed by atoms with van der Waals surface area (Å²) >= 11 is 6.08. The summed E-state index contributed by atoms with van der Waals surface area (Å²) in [5.41, 5.74) is 1.14. The fraction of sp³-hybridized carbons (Fsp3) is 0.600. The van der Waals surface area contributed by atoms with Gasteiger partial charge >= 0.3 is 0 Å². The molecule has 0 bridgehead atoms. The van der Waals surface area contributed by atoms with E-state index in [4.69, 9.17) is 21.4 Å². The van der Waals surface area contributed by atoms with E-state index < -0.39 is 0 Å². The summed E-state index contributed by atoms with van der Waals surface area (Å²) in [6.45, 7) is 4.15. The molecule has 0 aliphatic heterocycles. The highest BCUT2D eigenvalue weighted by atomic mass is 35.5. The largest absolute Gasteiger partial charge is 0.495 e. The lowest BCUT2D eigenvalue weighted by Crippen LogP contribution is -2.23. The molecule has 0 aromatic heterocycles. The van der Waals surface area contributed by atoms with E-state index in [2.05, 4.69) is 12.2 Å². The number of halogens is 1. The molecule has 108 valence electrons. The zero-order chi connectivity index (χ0) is 14.1. The van der Waals surface area contributed by atoms with Gasteiger partial charge in [-0.05, 0) is 43.0 Å². The summed E-state index contributed by atoms with van der Waals surface area (Å²) in [6, 6.07) is 5.82. The Kier molecular flexibility index (Phi) is 7.87. The van der Waals surface area contributed by atoms with Crippen LogP contribution < -0.4 is 10.1 Å². The smallest absolute Gasteiger partial charge is 0.137 e. The molecule has 0 aliphatic rings. The Labute approximate surface area is 120 Å². The van der Waals surface area contributed by atoms with Crippen LogP contribution in [-0.2, 0) is 6.54 Å². The van der Waals surface area contributed by atoms with Gasteiger partial charge in [0.05, 0.1) is 12.1 Å². The molecular weight excluding hydrogens is 262 g/mol. The van der Waals surface area contributed by atoms with E-state index in [0.717, 1.165) is 37.9 Å². The maximum Gasteiger partial charge on any atom is 0.137 e. The predicted molar refractivity (Wildman–Crippen MR) is 79.8 cm³/mol. The Hall–Kier alpha value is -0.770. The van der Waals surface area contributed by atoms with Crippen molar-refractivity contribution in [1.29, 1.82) is 0 Å². The van der Waals surface area contributed by atoms with Crippen molar-refractivity contribution in [2.75, 3.05) is 20.3 Å². The molecule has 0 amide bonds. The van der Waals surface area contributed by atoms with Gasteiger partial charge in [0, 0.05) is 13.2 Å². The van der Waals surface area contributed by atoms with E-state index in [9.17, 15) is 0 Å². The Morgan fingerprint density at radius 2 is 2.16 bits per heavy atom. The summed E-state index contributed by atoms with van der Waals surface area (Å²) in [5.74, 6) is 1.25. The third-order valence-corrected chi connectivity index (χ3v) is 3.51. The molecule has 0 aliphatic carbocycles. The van der Waals surface area contributed by atoms with Gasteiger partial charge in [-0.1, -0.05) is 31.0 Å². The molecule has 0 saturated heterocycles. The van der Waals surface area contributed by atoms with Crippen LogP contribution in [0.25, 0.3) is 0 Å². The Morgan fingerprint density at radius 1 is 1.37 bits per heavy atom. The average Bonchev–Trinajstić information content (AvgIpc) is 2.39. The van der Waals surface area contributed by atoms with Crippen molar-refractivity contribution >= 4 is 11.6 Å². The second-order valence-corrected chi connectivity index (χ2v) is 5.17. The third-order valence-electron chi connectivity index (χ3n) is 3.21. The van der Waals surface area contributed by atoms with E-state index in [1.807, 2.05) is 18.2 Å². The molecule has 1 rings (SSSR count). The highest BCUT2D eigenvalue weighted by Gasteiger charge is 2.07. The van der Waals surface area contributed by atoms with Gasteiger partial charge in [-0.2, -0.15) is 0 Å². The number of aliphatic hydroxyl groups excluding tert-OH is 1. The lowest BCUT2D eigenvalue weighted by Gasteiger charge is -2.16. The van der Waals surface area contributed by atoms with Crippen molar-refractivity contribution in [3.63, 3.8) is 0 Å². The van der Waals surface area contributed by atoms with Crippen LogP contribution >= 0.6 is 11.6 Å². The monoisotopic (exact) mass is 285 g/mol. The number of hydrogen-bond donors (Lipinski definition) is 2. The molecule has 3 nitrogen and oxygen atoms in total. The number of nitrogens with one attached hydrogen (secondary N) is 1. The van der Waals surface area contributed by atoms with E-state index >= 15 is 0 Å². The highest BCUT2D eigenvalue weighted by molar-refractivity contribution is 6.32. The van der Waals surface area contributed by atoms with Gasteiger partial charge in [0.15, 0.2) is 0 Å². The minimum Gasteiger partial charge on any atom is -0.495 e. The number of aliphatic hydroxyl groups is 1. The van der Waals surface area contributed by atoms with Crippen LogP contribution in [0.15, 0.2) is 18.2 Å². The predicted octanol–water partition coefficient (Wildman–Crippen LogP) is 3.24. The summed E-state index contributed by atoms with van der Waals surface area (Å²) in [6.07, 6.45) is 3.17. The first kappa shape index (κ1) is 16.3. The SMILES string of the molecule is CCCC(CCO)CNCc1ccc(OC)c(Cl)c1. The van der Waals surface area contributed by atoms with Crippen molar-refractivity contribution in [3.8, 4) is 5.75 Å². The van der Waals surface area contributed by atoms with E-state index in [0.29, 0.717) is 16.7 Å². The number of rotatable bonds is 9. The second-order valence-electron chi connectivity index (χ2n) is 4.77. The first-order chi connectivity index (χ1) is 9.21. The average molecular weight is 286 g/mol. The van der Waals surface area contributed by atoms with Gasteiger partial charge in [0.1, 0.15) is 5.75 Å². The standard InChI is InChI=1S/C15H24ClNO2/c1-3-4-12(7-8-18)10-17-11-13-5-6-15(19-2)14(16)9-13/h5-6,9,12,17-18H,3-4,7-8,10-11H2,1-2H3. The van der Waals surface area contributed by atoms with E-state index in [1.165, 1.54) is 0 Å². The van der Waals surface area contributed by atoms with Crippen molar-refractivity contribution in [3.05, 3.63) is 28.8 Å². The summed E-state index contributed by atoms with van der Waals surface area (Å²) < 4.78 is 5.13. The normalized spacial score (nSPS) is 12.4. The quantitative estimate of drug-likeness (QED) is 0.732. The Morgan fingerprint density at radius 3 is 2.74 bits per heavy atom. The number of ether oxygens (including phenoxy) is 1. The molecule has 0 spiro atoms. The van der Waals surface area contributed by atoms with Crippen molar-refractivity contribution in [1.82, 2.24) is 5.32 Å². The van der Waals surface area contributed by atoms with Gasteiger partial charge in [-0.3, -0.25) is 0 Å². The van der Waals surface area contributed by atoms with Crippen LogP contribution in [0.1, 0.15) is 31.7 Å². The molecular formula is C15H24ClNO2. The molecule has 0 radical (unpaired) electrons. The van der Waals surface area contributed by atoms with E-state index in [-0.39, 0.29) is 6.61 Å². The second kappa shape index (κ2) is 9.18. The summed E-state index contributed by atoms with van der Waals surface area (Å²) in [5, 5.41) is 13.1. The summed E-state index contributed by atoms with van der Waals surface area (Å²) in [7, 11) is 1.61. The van der Waals surface area contributed by atoms with Crippen LogP contribution in [0.4, 0.5) is 0 Å². The molecule has 1 atom stereocenters. The van der Waals surface area contributed by atoms with Crippen molar-refractivity contribution in [2.45, 2.75) is 32.7 Å². The van der Waals surface area contributed by atoms with Gasteiger partial charge in [-0.15, -0.1) is 0 Å². The van der Waals surface area contributed by atoms with Gasteiger partial charge in [-0.25, -0.2) is 0 Å². The number of hydrogen-bond acceptors (Lipinski definition) is 3. The minimum absolute atomic E-state index is 0.265. The van der Waals surface area contributed by atoms with Crippen LogP contribution in [0.3, 0.4) is 0 Å². The lowest BCUT2D eigenvalue weighted by atomic mass is 10.0. The molecule has 1 aromatic rings. The highest BCUT2D eigenvalue weighted by Crippen LogP contribution is 2.24. The maximum atomic E-state index is 9.01. The molecule has 0 fully saturated rings. The van der Waals surface area contributed by atoms with Gasteiger partial charge in [0.25, 0.3) is 0 Å². The Bertz CT molecular complexity index is 365. The molecule has 1 unspecified atom stereocenters. The molecule has 4 heteroatoms. The molecule has 0 heterocycles. The maximum absolute atomic E-state index is 9.01. The lowest BCUT2D eigenvalue weighted by molar-refractivity contribution is 0.248. The molecule has 2 N–H and O–H groups in total. The van der Waals surface area contributed by atoms with Gasteiger partial charge < -0.3 is 15.2 Å². The van der Waals surface area contributed by atoms with E-state index in [1.54, 1.807) is 7.11 Å². The third kappa shape index (κ3) is 5.81. The van der Waals surface area contributed by atoms with Crippen LogP contribution in [0.2, 0.25) is 5.02 Å². The minimum atomic E-state index is 0.265. The fourth-order valence-corrected chi connectivity index (χ4v) is 2.46. The fourth-order valence-electron chi connectivity index (χ4n) is 2.18. The zero-order valence-electron chi connectivity index (χ0n) is 11.8. The Balaban J connectivity index is 2.41.